The molecule has 1 aromatic heterocycles. The van der Waals surface area contributed by atoms with E-state index in [9.17, 15) is 9.18 Å². The van der Waals surface area contributed by atoms with Crippen molar-refractivity contribution >= 4 is 17.5 Å². The van der Waals surface area contributed by atoms with Gasteiger partial charge in [0.25, 0.3) is 5.91 Å². The summed E-state index contributed by atoms with van der Waals surface area (Å²) in [5.41, 5.74) is 0.0801. The molecule has 22 heavy (non-hydrogen) atoms. The fraction of sp³-hybridized carbons (Fsp3) is 0.357. The van der Waals surface area contributed by atoms with Crippen LogP contribution in [-0.4, -0.2) is 34.4 Å². The Bertz CT molecular complexity index is 662. The van der Waals surface area contributed by atoms with Gasteiger partial charge in [-0.05, 0) is 25.1 Å². The molecule has 2 rings (SSSR count). The molecule has 1 unspecified atom stereocenters. The monoisotopic (exact) mass is 326 g/mol. The Balaban J connectivity index is 2.11. The smallest absolute Gasteiger partial charge is 0.253 e. The summed E-state index contributed by atoms with van der Waals surface area (Å²) in [6.45, 7) is 2.83. The quantitative estimate of drug-likeness (QED) is 0.883. The van der Waals surface area contributed by atoms with Crippen LogP contribution in [0, 0.1) is 5.82 Å². The average molecular weight is 327 g/mol. The van der Waals surface area contributed by atoms with Crippen LogP contribution in [0.4, 0.5) is 4.39 Å². The molecule has 1 atom stereocenters. The van der Waals surface area contributed by atoms with Crippen molar-refractivity contribution in [3.05, 3.63) is 46.8 Å². The highest BCUT2D eigenvalue weighted by molar-refractivity contribution is 6.33. The van der Waals surface area contributed by atoms with Gasteiger partial charge in [0.1, 0.15) is 12.1 Å². The molecule has 0 aliphatic rings. The lowest BCUT2D eigenvalue weighted by Gasteiger charge is -2.15. The van der Waals surface area contributed by atoms with E-state index in [2.05, 4.69) is 15.5 Å². The van der Waals surface area contributed by atoms with Crippen molar-refractivity contribution in [3.63, 3.8) is 0 Å². The summed E-state index contributed by atoms with van der Waals surface area (Å²) in [7, 11) is 1.60. The van der Waals surface area contributed by atoms with Crippen LogP contribution in [0.3, 0.4) is 0 Å². The summed E-state index contributed by atoms with van der Waals surface area (Å²) in [6, 6.07) is 3.23. The molecule has 1 heterocycles. The highest BCUT2D eigenvalue weighted by Gasteiger charge is 2.18. The number of hydrogen-bond acceptors (Lipinski definition) is 4. The maximum atomic E-state index is 13.2. The topological polar surface area (TPSA) is 69.0 Å². The molecule has 1 aromatic carbocycles. The lowest BCUT2D eigenvalue weighted by atomic mass is 10.2. The second kappa shape index (κ2) is 7.33. The molecule has 6 nitrogen and oxygen atoms in total. The zero-order valence-corrected chi connectivity index (χ0v) is 13.0. The van der Waals surface area contributed by atoms with Crippen molar-refractivity contribution in [2.45, 2.75) is 19.5 Å². The zero-order chi connectivity index (χ0) is 16.1. The standard InChI is InChI=1S/C14H16ClFN4O2/c1-9(13-19-17-8-20(13)5-6-22-2)18-14(21)11-7-10(16)3-4-12(11)15/h3-4,7-9H,5-6H2,1-2H3,(H,18,21). The number of benzene rings is 1. The number of ether oxygens (including phenoxy) is 1. The number of hydrogen-bond donors (Lipinski definition) is 1. The molecular weight excluding hydrogens is 311 g/mol. The molecule has 0 bridgehead atoms. The Morgan fingerprint density at radius 1 is 1.55 bits per heavy atom. The number of methoxy groups -OCH3 is 1. The van der Waals surface area contributed by atoms with Crippen molar-refractivity contribution in [2.24, 2.45) is 0 Å². The molecule has 118 valence electrons. The summed E-state index contributed by atoms with van der Waals surface area (Å²) in [4.78, 5) is 12.2. The summed E-state index contributed by atoms with van der Waals surface area (Å²) in [5, 5.41) is 10.7. The van der Waals surface area contributed by atoms with Crippen molar-refractivity contribution in [1.82, 2.24) is 20.1 Å². The Morgan fingerprint density at radius 2 is 2.32 bits per heavy atom. The minimum Gasteiger partial charge on any atom is -0.383 e. The molecule has 2 aromatic rings. The summed E-state index contributed by atoms with van der Waals surface area (Å²) < 4.78 is 20.0. The Labute approximate surface area is 132 Å². The lowest BCUT2D eigenvalue weighted by Crippen LogP contribution is -2.29. The van der Waals surface area contributed by atoms with Crippen molar-refractivity contribution in [2.75, 3.05) is 13.7 Å². The zero-order valence-electron chi connectivity index (χ0n) is 12.2. The molecule has 0 radical (unpaired) electrons. The third-order valence-electron chi connectivity index (χ3n) is 3.09. The van der Waals surface area contributed by atoms with E-state index in [4.69, 9.17) is 16.3 Å². The molecule has 1 amide bonds. The van der Waals surface area contributed by atoms with Gasteiger partial charge in [-0.25, -0.2) is 4.39 Å². The van der Waals surface area contributed by atoms with E-state index >= 15 is 0 Å². The fourth-order valence-electron chi connectivity index (χ4n) is 1.97. The van der Waals surface area contributed by atoms with Gasteiger partial charge in [0.05, 0.1) is 23.2 Å². The van der Waals surface area contributed by atoms with Gasteiger partial charge in [-0.15, -0.1) is 10.2 Å². The van der Waals surface area contributed by atoms with Gasteiger partial charge in [-0.2, -0.15) is 0 Å². The number of aromatic nitrogens is 3. The van der Waals surface area contributed by atoms with E-state index in [1.54, 1.807) is 24.9 Å². The maximum absolute atomic E-state index is 13.2. The van der Waals surface area contributed by atoms with Gasteiger partial charge in [0, 0.05) is 13.7 Å². The van der Waals surface area contributed by atoms with Gasteiger partial charge in [0.2, 0.25) is 0 Å². The third-order valence-corrected chi connectivity index (χ3v) is 3.42. The van der Waals surface area contributed by atoms with E-state index in [1.807, 2.05) is 0 Å². The van der Waals surface area contributed by atoms with Crippen LogP contribution in [0.15, 0.2) is 24.5 Å². The van der Waals surface area contributed by atoms with Crippen LogP contribution in [0.25, 0.3) is 0 Å². The minimum absolute atomic E-state index is 0.0801. The van der Waals surface area contributed by atoms with E-state index in [0.717, 1.165) is 6.07 Å². The highest BCUT2D eigenvalue weighted by atomic mass is 35.5. The minimum atomic E-state index is -0.523. The molecular formula is C14H16ClFN4O2. The van der Waals surface area contributed by atoms with Gasteiger partial charge < -0.3 is 14.6 Å². The predicted molar refractivity (Wildman–Crippen MR) is 79.2 cm³/mol. The molecule has 8 heteroatoms. The molecule has 0 spiro atoms. The van der Waals surface area contributed by atoms with Crippen molar-refractivity contribution in [3.8, 4) is 0 Å². The SMILES string of the molecule is COCCn1cnnc1C(C)NC(=O)c1cc(F)ccc1Cl. The third kappa shape index (κ3) is 3.80. The van der Waals surface area contributed by atoms with Gasteiger partial charge in [0.15, 0.2) is 5.82 Å². The number of carbonyl (C=O) groups excluding carboxylic acids is 1. The summed E-state index contributed by atoms with van der Waals surface area (Å²) >= 11 is 5.92. The normalized spacial score (nSPS) is 12.2. The van der Waals surface area contributed by atoms with Crippen molar-refractivity contribution in [1.29, 1.82) is 0 Å². The molecule has 0 aliphatic carbocycles. The molecule has 0 aliphatic heterocycles. The second-order valence-electron chi connectivity index (χ2n) is 4.69. The number of halogens is 2. The highest BCUT2D eigenvalue weighted by Crippen LogP contribution is 2.18. The Kier molecular flexibility index (Phi) is 5.46. The molecule has 0 saturated carbocycles. The number of nitrogens with one attached hydrogen (secondary N) is 1. The first-order valence-electron chi connectivity index (χ1n) is 6.65. The second-order valence-corrected chi connectivity index (χ2v) is 5.10. The molecule has 0 saturated heterocycles. The Morgan fingerprint density at radius 3 is 3.05 bits per heavy atom. The summed E-state index contributed by atoms with van der Waals surface area (Å²) in [5.74, 6) is -0.415. The average Bonchev–Trinajstić information content (AvgIpc) is 2.96. The van der Waals surface area contributed by atoms with E-state index in [0.29, 0.717) is 19.0 Å². The van der Waals surface area contributed by atoms with Crippen LogP contribution >= 0.6 is 11.6 Å². The largest absolute Gasteiger partial charge is 0.383 e. The first-order valence-corrected chi connectivity index (χ1v) is 7.03. The maximum Gasteiger partial charge on any atom is 0.253 e. The van der Waals surface area contributed by atoms with Crippen LogP contribution in [-0.2, 0) is 11.3 Å². The molecule has 0 fully saturated rings. The van der Waals surface area contributed by atoms with Gasteiger partial charge in [-0.1, -0.05) is 11.6 Å². The predicted octanol–water partition coefficient (Wildman–Crippen LogP) is 2.21. The number of amides is 1. The van der Waals surface area contributed by atoms with Crippen LogP contribution < -0.4 is 5.32 Å². The van der Waals surface area contributed by atoms with Crippen LogP contribution in [0.5, 0.6) is 0 Å². The van der Waals surface area contributed by atoms with Gasteiger partial charge >= 0.3 is 0 Å². The number of nitrogens with zero attached hydrogens (tertiary/aromatic N) is 3. The van der Waals surface area contributed by atoms with Crippen LogP contribution in [0.1, 0.15) is 29.1 Å². The number of rotatable bonds is 6. The summed E-state index contributed by atoms with van der Waals surface area (Å²) in [6.07, 6.45) is 1.56. The first kappa shape index (κ1) is 16.4. The van der Waals surface area contributed by atoms with Crippen LogP contribution in [0.2, 0.25) is 5.02 Å². The Hall–Kier alpha value is -1.99. The van der Waals surface area contributed by atoms with Gasteiger partial charge in [-0.3, -0.25) is 4.79 Å². The fourth-order valence-corrected chi connectivity index (χ4v) is 2.17. The van der Waals surface area contributed by atoms with E-state index in [-0.39, 0.29) is 10.6 Å². The lowest BCUT2D eigenvalue weighted by molar-refractivity contribution is 0.0937. The van der Waals surface area contributed by atoms with E-state index < -0.39 is 17.8 Å². The molecule has 1 N–H and O–H groups in total. The van der Waals surface area contributed by atoms with E-state index in [1.165, 1.54) is 12.1 Å². The first-order chi connectivity index (χ1) is 10.5. The number of carbonyl (C=O) groups is 1. The van der Waals surface area contributed by atoms with Crippen molar-refractivity contribution < 1.29 is 13.9 Å².